The van der Waals surface area contributed by atoms with Crippen LogP contribution in [-0.2, 0) is 0 Å². The van der Waals surface area contributed by atoms with Gasteiger partial charge in [0, 0.05) is 0 Å². The summed E-state index contributed by atoms with van der Waals surface area (Å²) in [5.41, 5.74) is 0. The summed E-state index contributed by atoms with van der Waals surface area (Å²) in [7, 11) is 0. The molecular formula is C16H24. The van der Waals surface area contributed by atoms with E-state index in [0.29, 0.717) is 0 Å². The highest BCUT2D eigenvalue weighted by Crippen LogP contribution is 2.77. The van der Waals surface area contributed by atoms with Crippen LogP contribution in [0.4, 0.5) is 0 Å². The minimum absolute atomic E-state index is 1.06. The van der Waals surface area contributed by atoms with E-state index in [1.54, 1.807) is 25.7 Å². The Labute approximate surface area is 99.2 Å². The van der Waals surface area contributed by atoms with Gasteiger partial charge in [0.2, 0.25) is 0 Å². The van der Waals surface area contributed by atoms with Crippen LogP contribution < -0.4 is 0 Å². The average molecular weight is 216 g/mol. The van der Waals surface area contributed by atoms with Gasteiger partial charge in [-0.05, 0) is 84.9 Å². The number of fused-ring (bicyclic) bond motifs is 11. The monoisotopic (exact) mass is 216 g/mol. The van der Waals surface area contributed by atoms with Gasteiger partial charge in [0.1, 0.15) is 0 Å². The first-order chi connectivity index (χ1) is 7.75. The van der Waals surface area contributed by atoms with Gasteiger partial charge in [-0.2, -0.15) is 0 Å². The number of hydrogen-bond acceptors (Lipinski definition) is 0. The molecule has 10 atom stereocenters. The predicted octanol–water partition coefficient (Wildman–Crippen LogP) is 3.82. The van der Waals surface area contributed by atoms with E-state index in [-0.39, 0.29) is 0 Å². The molecule has 5 aliphatic carbocycles. The molecule has 10 unspecified atom stereocenters. The van der Waals surface area contributed by atoms with Crippen LogP contribution in [0.3, 0.4) is 0 Å². The van der Waals surface area contributed by atoms with Gasteiger partial charge in [0.25, 0.3) is 0 Å². The maximum absolute atomic E-state index is 2.53. The molecule has 0 nitrogen and oxygen atoms in total. The zero-order chi connectivity index (χ0) is 10.6. The van der Waals surface area contributed by atoms with Crippen molar-refractivity contribution in [2.45, 2.75) is 39.5 Å². The summed E-state index contributed by atoms with van der Waals surface area (Å²) in [6, 6.07) is 0. The van der Waals surface area contributed by atoms with Crippen LogP contribution in [0.1, 0.15) is 39.5 Å². The third-order valence-corrected chi connectivity index (χ3v) is 7.71. The van der Waals surface area contributed by atoms with Gasteiger partial charge in [-0.1, -0.05) is 13.8 Å². The Hall–Kier alpha value is 0. The smallest absolute Gasteiger partial charge is 0.0315 e. The van der Waals surface area contributed by atoms with Gasteiger partial charge < -0.3 is 0 Å². The van der Waals surface area contributed by atoms with Gasteiger partial charge in [-0.3, -0.25) is 0 Å². The summed E-state index contributed by atoms with van der Waals surface area (Å²) >= 11 is 0. The fourth-order valence-electron chi connectivity index (χ4n) is 7.53. The summed E-state index contributed by atoms with van der Waals surface area (Å²) in [6.07, 6.45) is 6.46. The molecule has 0 aliphatic heterocycles. The molecule has 2 bridgehead atoms. The minimum Gasteiger partial charge on any atom is -0.0625 e. The lowest BCUT2D eigenvalue weighted by atomic mass is 9.39. The lowest BCUT2D eigenvalue weighted by Gasteiger charge is -2.66. The van der Waals surface area contributed by atoms with E-state index in [1.807, 2.05) is 0 Å². The minimum atomic E-state index is 1.06. The zero-order valence-electron chi connectivity index (χ0n) is 10.6. The van der Waals surface area contributed by atoms with E-state index >= 15 is 0 Å². The summed E-state index contributed by atoms with van der Waals surface area (Å²) in [5, 5.41) is 0. The number of hydrogen-bond donors (Lipinski definition) is 0. The largest absolute Gasteiger partial charge is 0.0625 e. The molecule has 88 valence electrons. The third kappa shape index (κ3) is 0.754. The van der Waals surface area contributed by atoms with Gasteiger partial charge in [0.15, 0.2) is 0 Å². The van der Waals surface area contributed by atoms with Crippen molar-refractivity contribution in [2.24, 2.45) is 59.2 Å². The zero-order valence-corrected chi connectivity index (χ0v) is 10.6. The SMILES string of the molecule is CC1CC2C(C1)C1CC2C2C3CC(C)C3C12. The van der Waals surface area contributed by atoms with E-state index in [4.69, 9.17) is 0 Å². The molecule has 5 rings (SSSR count). The molecule has 0 heteroatoms. The molecule has 0 aromatic heterocycles. The van der Waals surface area contributed by atoms with Gasteiger partial charge in [-0.25, -0.2) is 0 Å². The van der Waals surface area contributed by atoms with Crippen molar-refractivity contribution in [2.75, 3.05) is 0 Å². The molecule has 0 aromatic rings. The first-order valence-electron chi connectivity index (χ1n) is 7.75. The van der Waals surface area contributed by atoms with E-state index in [9.17, 15) is 0 Å². The molecular weight excluding hydrogens is 192 g/mol. The van der Waals surface area contributed by atoms with Crippen molar-refractivity contribution < 1.29 is 0 Å². The van der Waals surface area contributed by atoms with Crippen LogP contribution in [0.15, 0.2) is 0 Å². The van der Waals surface area contributed by atoms with Crippen molar-refractivity contribution in [3.63, 3.8) is 0 Å². The first kappa shape index (κ1) is 9.00. The summed E-state index contributed by atoms with van der Waals surface area (Å²) in [6.45, 7) is 5.04. The Balaban J connectivity index is 1.50. The van der Waals surface area contributed by atoms with Crippen molar-refractivity contribution >= 4 is 0 Å². The van der Waals surface area contributed by atoms with Crippen molar-refractivity contribution in [3.05, 3.63) is 0 Å². The lowest BCUT2D eigenvalue weighted by molar-refractivity contribution is -0.186. The third-order valence-electron chi connectivity index (χ3n) is 7.71. The molecule has 0 radical (unpaired) electrons. The van der Waals surface area contributed by atoms with E-state index < -0.39 is 0 Å². The molecule has 5 fully saturated rings. The predicted molar refractivity (Wildman–Crippen MR) is 64.7 cm³/mol. The van der Waals surface area contributed by atoms with Crippen molar-refractivity contribution in [1.82, 2.24) is 0 Å². The summed E-state index contributed by atoms with van der Waals surface area (Å²) in [4.78, 5) is 0. The summed E-state index contributed by atoms with van der Waals surface area (Å²) in [5.74, 6) is 11.8. The number of rotatable bonds is 0. The van der Waals surface area contributed by atoms with Crippen LogP contribution in [0.25, 0.3) is 0 Å². The van der Waals surface area contributed by atoms with E-state index in [0.717, 1.165) is 11.8 Å². The highest BCUT2D eigenvalue weighted by molar-refractivity contribution is 5.20. The van der Waals surface area contributed by atoms with Crippen LogP contribution in [0, 0.1) is 59.2 Å². The van der Waals surface area contributed by atoms with Gasteiger partial charge in [-0.15, -0.1) is 0 Å². The molecule has 5 saturated carbocycles. The summed E-state index contributed by atoms with van der Waals surface area (Å²) < 4.78 is 0. The van der Waals surface area contributed by atoms with Gasteiger partial charge >= 0.3 is 0 Å². The van der Waals surface area contributed by atoms with Crippen LogP contribution in [-0.4, -0.2) is 0 Å². The molecule has 0 N–H and O–H groups in total. The Kier molecular flexibility index (Phi) is 1.43. The second-order valence-corrected chi connectivity index (χ2v) is 8.08. The van der Waals surface area contributed by atoms with E-state index in [2.05, 4.69) is 13.8 Å². The molecule has 0 saturated heterocycles. The van der Waals surface area contributed by atoms with Crippen LogP contribution in [0.5, 0.6) is 0 Å². The molecule has 16 heavy (non-hydrogen) atoms. The lowest BCUT2D eigenvalue weighted by Crippen LogP contribution is -2.61. The second kappa shape index (κ2) is 2.54. The highest BCUT2D eigenvalue weighted by Gasteiger charge is 2.72. The molecule has 5 aliphatic rings. The standard InChI is InChI=1S/C16H24/c1-7-3-9-10(4-7)12-6-11(9)15-13-5-8(2)14(13)16(12)15/h7-16H,3-6H2,1-2H3. The molecule has 0 amide bonds. The maximum Gasteiger partial charge on any atom is -0.0315 e. The van der Waals surface area contributed by atoms with E-state index in [1.165, 1.54) is 47.3 Å². The van der Waals surface area contributed by atoms with Crippen LogP contribution >= 0.6 is 0 Å². The Morgan fingerprint density at radius 1 is 0.562 bits per heavy atom. The normalized spacial score (nSPS) is 73.9. The molecule has 0 spiro atoms. The first-order valence-corrected chi connectivity index (χ1v) is 7.75. The molecule has 0 heterocycles. The quantitative estimate of drug-likeness (QED) is 0.540. The fourth-order valence-corrected chi connectivity index (χ4v) is 7.53. The average Bonchev–Trinajstić information content (AvgIpc) is 2.80. The van der Waals surface area contributed by atoms with Gasteiger partial charge in [0.05, 0.1) is 0 Å². The van der Waals surface area contributed by atoms with Crippen LogP contribution in [0.2, 0.25) is 0 Å². The molecule has 0 aromatic carbocycles. The second-order valence-electron chi connectivity index (χ2n) is 8.08. The Morgan fingerprint density at radius 3 is 1.94 bits per heavy atom. The topological polar surface area (TPSA) is 0 Å². The fraction of sp³-hybridized carbons (Fsp3) is 1.00. The highest BCUT2D eigenvalue weighted by atomic mass is 14.8. The Bertz CT molecular complexity index is 344. The Morgan fingerprint density at radius 2 is 1.25 bits per heavy atom. The maximum atomic E-state index is 2.53. The van der Waals surface area contributed by atoms with Crippen molar-refractivity contribution in [3.8, 4) is 0 Å². The van der Waals surface area contributed by atoms with Crippen molar-refractivity contribution in [1.29, 1.82) is 0 Å².